The maximum Gasteiger partial charge on any atom is 0.191 e. The molecule has 0 aliphatic rings. The molecule has 0 unspecified atom stereocenters. The predicted molar refractivity (Wildman–Crippen MR) is 86.4 cm³/mol. The van der Waals surface area contributed by atoms with Crippen molar-refractivity contribution in [2.45, 2.75) is 26.3 Å². The van der Waals surface area contributed by atoms with E-state index in [0.717, 1.165) is 16.9 Å². The highest BCUT2D eigenvalue weighted by molar-refractivity contribution is 5.79. The molecule has 3 nitrogen and oxygen atoms in total. The van der Waals surface area contributed by atoms with Crippen molar-refractivity contribution in [2.75, 3.05) is 0 Å². The van der Waals surface area contributed by atoms with Gasteiger partial charge in [0.2, 0.25) is 0 Å². The number of benzene rings is 1. The summed E-state index contributed by atoms with van der Waals surface area (Å²) in [5.74, 6) is 0. The number of hydrogen-bond acceptors (Lipinski definition) is 2. The molecule has 0 aliphatic carbocycles. The highest BCUT2D eigenvalue weighted by Crippen LogP contribution is 2.28. The Bertz CT molecular complexity index is 842. The number of nitrogens with zero attached hydrogens (tertiary/aromatic N) is 2. The highest BCUT2D eigenvalue weighted by Gasteiger charge is 2.21. The molecule has 1 aromatic carbocycles. The Morgan fingerprint density at radius 2 is 1.71 bits per heavy atom. The van der Waals surface area contributed by atoms with Crippen molar-refractivity contribution in [1.29, 1.82) is 0 Å². The van der Waals surface area contributed by atoms with Gasteiger partial charge in [-0.2, -0.15) is 0 Å². The first-order chi connectivity index (χ1) is 9.98. The van der Waals surface area contributed by atoms with Crippen molar-refractivity contribution in [2.24, 2.45) is 0 Å². The second-order valence-electron chi connectivity index (χ2n) is 6.14. The molecule has 0 atom stereocenters. The third kappa shape index (κ3) is 2.35. The van der Waals surface area contributed by atoms with E-state index in [9.17, 15) is 4.79 Å². The summed E-state index contributed by atoms with van der Waals surface area (Å²) in [4.78, 5) is 16.9. The molecule has 0 fully saturated rings. The Labute approximate surface area is 123 Å². The summed E-state index contributed by atoms with van der Waals surface area (Å²) in [6.45, 7) is 6.37. The third-order valence-electron chi connectivity index (χ3n) is 3.51. The smallest absolute Gasteiger partial charge is 0.191 e. The monoisotopic (exact) mass is 278 g/mol. The van der Waals surface area contributed by atoms with E-state index in [0.29, 0.717) is 5.39 Å². The number of fused-ring (bicyclic) bond motifs is 1. The van der Waals surface area contributed by atoms with Crippen molar-refractivity contribution in [3.63, 3.8) is 0 Å². The lowest BCUT2D eigenvalue weighted by Gasteiger charge is -2.28. The minimum atomic E-state index is -0.175. The van der Waals surface area contributed by atoms with E-state index in [-0.39, 0.29) is 11.0 Å². The average molecular weight is 278 g/mol. The average Bonchev–Trinajstić information content (AvgIpc) is 2.47. The van der Waals surface area contributed by atoms with Crippen LogP contribution in [0.2, 0.25) is 0 Å². The van der Waals surface area contributed by atoms with Crippen molar-refractivity contribution in [3.05, 3.63) is 65.0 Å². The number of aromatic nitrogens is 2. The van der Waals surface area contributed by atoms with Crippen LogP contribution in [0.25, 0.3) is 22.3 Å². The lowest BCUT2D eigenvalue weighted by molar-refractivity contribution is 0.410. The standard InChI is InChI=1S/C18H18N2O/c1-18(2,3)20-15(13-8-5-4-6-9-13)12-16(21)14-10-7-11-19-17(14)20/h4-12H,1-3H3. The van der Waals surface area contributed by atoms with E-state index in [4.69, 9.17) is 0 Å². The van der Waals surface area contributed by atoms with Gasteiger partial charge in [-0.05, 0) is 38.5 Å². The molecule has 0 bridgehead atoms. The largest absolute Gasteiger partial charge is 0.320 e. The maximum atomic E-state index is 12.4. The highest BCUT2D eigenvalue weighted by atomic mass is 16.1. The summed E-state index contributed by atoms with van der Waals surface area (Å²) in [6, 6.07) is 15.3. The molecule has 2 heterocycles. The molecule has 0 aliphatic heterocycles. The third-order valence-corrected chi connectivity index (χ3v) is 3.51. The van der Waals surface area contributed by atoms with Gasteiger partial charge in [-0.25, -0.2) is 4.98 Å². The molecular weight excluding hydrogens is 260 g/mol. The Kier molecular flexibility index (Phi) is 3.13. The van der Waals surface area contributed by atoms with Crippen LogP contribution in [0.4, 0.5) is 0 Å². The van der Waals surface area contributed by atoms with Crippen LogP contribution in [0.3, 0.4) is 0 Å². The molecule has 2 aromatic heterocycles. The molecule has 0 saturated heterocycles. The predicted octanol–water partition coefficient (Wildman–Crippen LogP) is 3.82. The molecule has 21 heavy (non-hydrogen) atoms. The van der Waals surface area contributed by atoms with Crippen LogP contribution in [0.1, 0.15) is 20.8 Å². The van der Waals surface area contributed by atoms with Gasteiger partial charge in [0.05, 0.1) is 11.1 Å². The molecule has 3 aromatic rings. The molecule has 0 amide bonds. The Morgan fingerprint density at radius 1 is 1.00 bits per heavy atom. The maximum absolute atomic E-state index is 12.4. The fraction of sp³-hybridized carbons (Fsp3) is 0.222. The molecule has 0 radical (unpaired) electrons. The van der Waals surface area contributed by atoms with Gasteiger partial charge in [0.25, 0.3) is 0 Å². The van der Waals surface area contributed by atoms with Crippen molar-refractivity contribution < 1.29 is 0 Å². The summed E-state index contributed by atoms with van der Waals surface area (Å²) >= 11 is 0. The Morgan fingerprint density at radius 3 is 2.38 bits per heavy atom. The minimum absolute atomic E-state index is 0.0115. The van der Waals surface area contributed by atoms with Gasteiger partial charge in [-0.1, -0.05) is 30.3 Å². The first-order valence-electron chi connectivity index (χ1n) is 7.05. The first-order valence-corrected chi connectivity index (χ1v) is 7.05. The topological polar surface area (TPSA) is 34.9 Å². The number of pyridine rings is 2. The number of rotatable bonds is 1. The van der Waals surface area contributed by atoms with E-state index in [2.05, 4.69) is 30.3 Å². The fourth-order valence-corrected chi connectivity index (χ4v) is 2.65. The van der Waals surface area contributed by atoms with E-state index < -0.39 is 0 Å². The normalized spacial score (nSPS) is 11.8. The van der Waals surface area contributed by atoms with Gasteiger partial charge in [-0.15, -0.1) is 0 Å². The molecule has 3 rings (SSSR count). The first kappa shape index (κ1) is 13.6. The van der Waals surface area contributed by atoms with Crippen LogP contribution in [0.5, 0.6) is 0 Å². The van der Waals surface area contributed by atoms with Gasteiger partial charge >= 0.3 is 0 Å². The van der Waals surface area contributed by atoms with E-state index in [1.165, 1.54) is 0 Å². The fourth-order valence-electron chi connectivity index (χ4n) is 2.65. The summed E-state index contributed by atoms with van der Waals surface area (Å²) in [5.41, 5.74) is 2.50. The SMILES string of the molecule is CC(C)(C)n1c(-c2ccccc2)cc(=O)c2cccnc21. The van der Waals surface area contributed by atoms with Crippen LogP contribution in [-0.4, -0.2) is 9.55 Å². The van der Waals surface area contributed by atoms with Gasteiger partial charge in [-0.3, -0.25) is 4.79 Å². The second kappa shape index (κ2) is 4.85. The van der Waals surface area contributed by atoms with Crippen LogP contribution >= 0.6 is 0 Å². The van der Waals surface area contributed by atoms with Gasteiger partial charge in [0.1, 0.15) is 5.65 Å². The van der Waals surface area contributed by atoms with Crippen molar-refractivity contribution in [3.8, 4) is 11.3 Å². The van der Waals surface area contributed by atoms with E-state index >= 15 is 0 Å². The van der Waals surface area contributed by atoms with Gasteiger partial charge < -0.3 is 4.57 Å². The summed E-state index contributed by atoms with van der Waals surface area (Å²) in [6.07, 6.45) is 1.73. The Hall–Kier alpha value is -2.42. The summed E-state index contributed by atoms with van der Waals surface area (Å²) in [7, 11) is 0. The molecule has 0 saturated carbocycles. The molecule has 3 heteroatoms. The lowest BCUT2D eigenvalue weighted by atomic mass is 10.0. The van der Waals surface area contributed by atoms with Crippen LogP contribution in [0, 0.1) is 0 Å². The second-order valence-corrected chi connectivity index (χ2v) is 6.14. The lowest BCUT2D eigenvalue weighted by Crippen LogP contribution is -2.27. The molecular formula is C18H18N2O. The van der Waals surface area contributed by atoms with Crippen molar-refractivity contribution in [1.82, 2.24) is 9.55 Å². The van der Waals surface area contributed by atoms with Crippen molar-refractivity contribution >= 4 is 11.0 Å². The van der Waals surface area contributed by atoms with E-state index in [1.54, 1.807) is 18.3 Å². The van der Waals surface area contributed by atoms with Gasteiger partial charge in [0.15, 0.2) is 5.43 Å². The summed E-state index contributed by atoms with van der Waals surface area (Å²) < 4.78 is 2.14. The number of hydrogen-bond donors (Lipinski definition) is 0. The zero-order valence-corrected chi connectivity index (χ0v) is 12.5. The molecule has 0 spiro atoms. The molecule has 106 valence electrons. The molecule has 0 N–H and O–H groups in total. The zero-order valence-electron chi connectivity index (χ0n) is 12.5. The van der Waals surface area contributed by atoms with Gasteiger partial charge in [0, 0.05) is 17.8 Å². The quantitative estimate of drug-likeness (QED) is 0.678. The van der Waals surface area contributed by atoms with Crippen LogP contribution < -0.4 is 5.43 Å². The van der Waals surface area contributed by atoms with Crippen LogP contribution in [-0.2, 0) is 5.54 Å². The Balaban J connectivity index is 2.48. The summed E-state index contributed by atoms with van der Waals surface area (Å²) in [5, 5.41) is 0.659. The van der Waals surface area contributed by atoms with E-state index in [1.807, 2.05) is 36.4 Å². The minimum Gasteiger partial charge on any atom is -0.320 e. The zero-order chi connectivity index (χ0) is 15.0. The van der Waals surface area contributed by atoms with Crippen LogP contribution in [0.15, 0.2) is 59.5 Å².